The molecule has 3 heterocycles. The lowest BCUT2D eigenvalue weighted by atomic mass is 10.0. The second-order valence-electron chi connectivity index (χ2n) is 9.67. The minimum atomic E-state index is -0.455. The maximum atomic E-state index is 12.9. The zero-order chi connectivity index (χ0) is 29.8. The number of carbonyl (C=O) groups excluding carboxylic acids is 3. The number of nitrogens with one attached hydrogen (secondary N) is 3. The highest BCUT2D eigenvalue weighted by molar-refractivity contribution is 6.00. The van der Waals surface area contributed by atoms with E-state index in [9.17, 15) is 14.4 Å². The molecule has 3 amide bonds. The summed E-state index contributed by atoms with van der Waals surface area (Å²) in [5.74, 6) is 0.587. The molecule has 1 aliphatic carbocycles. The lowest BCUT2D eigenvalue weighted by Gasteiger charge is -2.17. The Morgan fingerprint density at radius 3 is 2.57 bits per heavy atom. The van der Waals surface area contributed by atoms with Gasteiger partial charge in [-0.05, 0) is 31.9 Å². The van der Waals surface area contributed by atoms with Crippen LogP contribution in [0.1, 0.15) is 45.5 Å². The molecule has 3 aromatic heterocycles. The van der Waals surface area contributed by atoms with Crippen LogP contribution in [0.5, 0.6) is 5.75 Å². The maximum absolute atomic E-state index is 12.9. The average molecular weight is 572 g/mol. The number of benzene rings is 1. The molecule has 42 heavy (non-hydrogen) atoms. The van der Waals surface area contributed by atoms with Gasteiger partial charge < -0.3 is 30.1 Å². The third kappa shape index (κ3) is 6.16. The van der Waals surface area contributed by atoms with Gasteiger partial charge in [0.05, 0.1) is 18.5 Å². The van der Waals surface area contributed by atoms with Gasteiger partial charge in [-0.3, -0.25) is 19.4 Å². The molecule has 0 saturated heterocycles. The van der Waals surface area contributed by atoms with Gasteiger partial charge in [-0.2, -0.15) is 4.98 Å². The molecule has 0 unspecified atom stereocenters. The van der Waals surface area contributed by atoms with Crippen molar-refractivity contribution in [3.05, 3.63) is 65.7 Å². The molecule has 216 valence electrons. The molecular weight excluding hydrogens is 542 g/mol. The second kappa shape index (κ2) is 12.0. The molecule has 1 aromatic carbocycles. The highest BCUT2D eigenvalue weighted by Gasteiger charge is 2.30. The summed E-state index contributed by atoms with van der Waals surface area (Å²) in [6.07, 6.45) is 3.26. The summed E-state index contributed by atoms with van der Waals surface area (Å²) >= 11 is 0. The van der Waals surface area contributed by atoms with Crippen LogP contribution >= 0.6 is 0 Å². The van der Waals surface area contributed by atoms with Gasteiger partial charge in [0.1, 0.15) is 18.0 Å². The van der Waals surface area contributed by atoms with Gasteiger partial charge in [0, 0.05) is 43.4 Å². The van der Waals surface area contributed by atoms with E-state index >= 15 is 0 Å². The number of aromatic nitrogens is 5. The SMILES string of the molecule is CNC(=O)c1nnc(NC(=O)C2CC2)cc1Nc1cccc(-c2ccc(C(=O)N(C)Cc3nc(C)no3)nc2)c1OC. The van der Waals surface area contributed by atoms with Gasteiger partial charge in [-0.25, -0.2) is 0 Å². The third-order valence-corrected chi connectivity index (χ3v) is 6.51. The molecule has 4 aromatic rings. The van der Waals surface area contributed by atoms with Crippen molar-refractivity contribution in [1.29, 1.82) is 0 Å². The summed E-state index contributed by atoms with van der Waals surface area (Å²) in [5.41, 5.74) is 2.52. The number of nitrogens with zero attached hydrogens (tertiary/aromatic N) is 6. The van der Waals surface area contributed by atoms with E-state index in [0.717, 1.165) is 12.8 Å². The summed E-state index contributed by atoms with van der Waals surface area (Å²) < 4.78 is 10.8. The Balaban J connectivity index is 1.39. The van der Waals surface area contributed by atoms with Crippen LogP contribution in [0.4, 0.5) is 17.2 Å². The number of ether oxygens (including phenoxy) is 1. The standard InChI is InChI=1S/C28H29N9O5/c1-15-31-23(42-36-15)14-37(3)28(40)20-11-10-17(13-30-20)18-6-5-7-19(25(18)41-4)32-21-12-22(33-26(38)16-8-9-16)34-35-24(21)27(39)29-2/h5-7,10-13,16H,8-9,14H2,1-4H3,(H,29,39)(H2,32,33,34,38). The van der Waals surface area contributed by atoms with Gasteiger partial charge >= 0.3 is 0 Å². The Morgan fingerprint density at radius 2 is 1.93 bits per heavy atom. The van der Waals surface area contributed by atoms with Crippen molar-refractivity contribution in [3.63, 3.8) is 0 Å². The minimum Gasteiger partial charge on any atom is -0.494 e. The Morgan fingerprint density at radius 1 is 1.12 bits per heavy atom. The van der Waals surface area contributed by atoms with Gasteiger partial charge in [-0.15, -0.1) is 10.2 Å². The Hall–Kier alpha value is -5.40. The second-order valence-corrected chi connectivity index (χ2v) is 9.67. The van der Waals surface area contributed by atoms with E-state index in [1.807, 2.05) is 12.1 Å². The normalized spacial score (nSPS) is 12.4. The highest BCUT2D eigenvalue weighted by Crippen LogP contribution is 2.38. The van der Waals surface area contributed by atoms with E-state index in [1.165, 1.54) is 19.1 Å². The fourth-order valence-electron chi connectivity index (χ4n) is 4.19. The number of aryl methyl sites for hydroxylation is 1. The molecule has 5 rings (SSSR count). The van der Waals surface area contributed by atoms with Crippen molar-refractivity contribution in [1.82, 2.24) is 35.5 Å². The zero-order valence-electron chi connectivity index (χ0n) is 23.5. The van der Waals surface area contributed by atoms with Crippen LogP contribution in [-0.2, 0) is 11.3 Å². The summed E-state index contributed by atoms with van der Waals surface area (Å²) in [7, 11) is 4.64. The monoisotopic (exact) mass is 571 g/mol. The van der Waals surface area contributed by atoms with E-state index in [0.29, 0.717) is 40.0 Å². The third-order valence-electron chi connectivity index (χ3n) is 6.51. The van der Waals surface area contributed by atoms with Crippen molar-refractivity contribution in [2.24, 2.45) is 5.92 Å². The number of anilines is 3. The number of hydrogen-bond acceptors (Lipinski definition) is 11. The topological polar surface area (TPSA) is 177 Å². The highest BCUT2D eigenvalue weighted by atomic mass is 16.5. The smallest absolute Gasteiger partial charge is 0.273 e. The first kappa shape index (κ1) is 28.1. The number of hydrogen-bond donors (Lipinski definition) is 3. The van der Waals surface area contributed by atoms with E-state index in [-0.39, 0.29) is 41.5 Å². The molecule has 1 saturated carbocycles. The average Bonchev–Trinajstić information content (AvgIpc) is 3.78. The Labute approximate surface area is 240 Å². The maximum Gasteiger partial charge on any atom is 0.273 e. The van der Waals surface area contributed by atoms with Crippen LogP contribution in [0.3, 0.4) is 0 Å². The number of methoxy groups -OCH3 is 1. The van der Waals surface area contributed by atoms with Crippen LogP contribution in [-0.4, -0.2) is 69.1 Å². The van der Waals surface area contributed by atoms with Gasteiger partial charge in [0.15, 0.2) is 17.3 Å². The van der Waals surface area contributed by atoms with Crippen LogP contribution in [0, 0.1) is 12.8 Å². The van der Waals surface area contributed by atoms with Crippen molar-refractivity contribution in [3.8, 4) is 16.9 Å². The molecule has 14 nitrogen and oxygen atoms in total. The van der Waals surface area contributed by atoms with E-state index in [1.54, 1.807) is 44.4 Å². The van der Waals surface area contributed by atoms with E-state index in [4.69, 9.17) is 9.26 Å². The van der Waals surface area contributed by atoms with Crippen LogP contribution in [0.2, 0.25) is 0 Å². The first-order chi connectivity index (χ1) is 20.3. The molecule has 0 radical (unpaired) electrons. The molecule has 0 atom stereocenters. The quantitative estimate of drug-likeness (QED) is 0.255. The number of amides is 3. The summed E-state index contributed by atoms with van der Waals surface area (Å²) in [5, 5.41) is 20.3. The summed E-state index contributed by atoms with van der Waals surface area (Å²) in [6.45, 7) is 1.86. The largest absolute Gasteiger partial charge is 0.494 e. The molecule has 1 fully saturated rings. The molecular formula is C28H29N9O5. The predicted molar refractivity (Wildman–Crippen MR) is 151 cm³/mol. The number of para-hydroxylation sites is 1. The lowest BCUT2D eigenvalue weighted by Crippen LogP contribution is -2.27. The fourth-order valence-corrected chi connectivity index (χ4v) is 4.19. The molecule has 14 heteroatoms. The summed E-state index contributed by atoms with van der Waals surface area (Å²) in [6, 6.07) is 10.4. The molecule has 1 aliphatic rings. The van der Waals surface area contributed by atoms with Crippen molar-refractivity contribution in [2.75, 3.05) is 31.8 Å². The van der Waals surface area contributed by atoms with Crippen molar-refractivity contribution >= 4 is 34.9 Å². The van der Waals surface area contributed by atoms with Crippen LogP contribution in [0.25, 0.3) is 11.1 Å². The first-order valence-electron chi connectivity index (χ1n) is 13.1. The van der Waals surface area contributed by atoms with Gasteiger partial charge in [0.25, 0.3) is 11.8 Å². The minimum absolute atomic E-state index is 0.0242. The summed E-state index contributed by atoms with van der Waals surface area (Å²) in [4.78, 5) is 47.6. The number of carbonyl (C=O) groups is 3. The number of rotatable bonds is 10. The molecule has 0 aliphatic heterocycles. The van der Waals surface area contributed by atoms with E-state index < -0.39 is 5.91 Å². The molecule has 0 bridgehead atoms. The van der Waals surface area contributed by atoms with Gasteiger partial charge in [0.2, 0.25) is 11.8 Å². The first-order valence-corrected chi connectivity index (χ1v) is 13.1. The molecule has 3 N–H and O–H groups in total. The number of pyridine rings is 1. The van der Waals surface area contributed by atoms with Crippen LogP contribution in [0.15, 0.2) is 47.1 Å². The van der Waals surface area contributed by atoms with Gasteiger partial charge in [-0.1, -0.05) is 23.4 Å². The van der Waals surface area contributed by atoms with Crippen molar-refractivity contribution < 1.29 is 23.6 Å². The van der Waals surface area contributed by atoms with Crippen LogP contribution < -0.4 is 20.7 Å². The predicted octanol–water partition coefficient (Wildman–Crippen LogP) is 2.96. The van der Waals surface area contributed by atoms with Crippen molar-refractivity contribution in [2.45, 2.75) is 26.3 Å². The Bertz CT molecular complexity index is 1630. The fraction of sp³-hybridized carbons (Fsp3) is 0.286. The van der Waals surface area contributed by atoms with E-state index in [2.05, 4.69) is 41.3 Å². The zero-order valence-corrected chi connectivity index (χ0v) is 23.5. The Kier molecular flexibility index (Phi) is 8.04. The molecule has 0 spiro atoms. The lowest BCUT2D eigenvalue weighted by molar-refractivity contribution is -0.117.